The molecule has 1 atom stereocenters. The van der Waals surface area contributed by atoms with Gasteiger partial charge in [-0.25, -0.2) is 0 Å². The van der Waals surface area contributed by atoms with Crippen LogP contribution in [-0.4, -0.2) is 25.0 Å². The number of nitrogens with one attached hydrogen (secondary N) is 1. The van der Waals surface area contributed by atoms with Crippen molar-refractivity contribution in [2.75, 3.05) is 13.2 Å². The van der Waals surface area contributed by atoms with Gasteiger partial charge in [0.25, 0.3) is 5.91 Å². The molecule has 3 aromatic carbocycles. The number of fused-ring (bicyclic) bond motifs is 1. The van der Waals surface area contributed by atoms with Gasteiger partial charge in [0, 0.05) is 45.7 Å². The maximum atomic E-state index is 12.5. The van der Waals surface area contributed by atoms with Crippen LogP contribution in [0.1, 0.15) is 46.7 Å². The van der Waals surface area contributed by atoms with Crippen LogP contribution < -0.4 is 49.5 Å². The summed E-state index contributed by atoms with van der Waals surface area (Å²) in [4.78, 5) is 23.8. The third-order valence-electron chi connectivity index (χ3n) is 5.91. The van der Waals surface area contributed by atoms with Crippen molar-refractivity contribution in [2.45, 2.75) is 31.6 Å². The molecule has 0 radical (unpaired) electrons. The Labute approximate surface area is 252 Å². The van der Waals surface area contributed by atoms with Crippen molar-refractivity contribution >= 4 is 46.7 Å². The van der Waals surface area contributed by atoms with Gasteiger partial charge in [-0.15, -0.1) is 0 Å². The zero-order valence-corrected chi connectivity index (χ0v) is 24.5. The molecule has 0 saturated carbocycles. The molecule has 0 spiro atoms. The number of carboxylic acid groups (broad SMARTS) is 1. The molecule has 188 valence electrons. The first kappa shape index (κ1) is 29.6. The number of carbonyl (C=O) groups is 2. The number of hydrogen-bond acceptors (Lipinski definition) is 5. The summed E-state index contributed by atoms with van der Waals surface area (Å²) in [7, 11) is 0. The minimum absolute atomic E-state index is 0. The van der Waals surface area contributed by atoms with Crippen LogP contribution in [0.25, 0.3) is 0 Å². The molecule has 1 heterocycles. The van der Waals surface area contributed by atoms with E-state index in [-0.39, 0.29) is 47.1 Å². The van der Waals surface area contributed by atoms with E-state index in [0.717, 1.165) is 24.8 Å². The molecule has 1 N–H and O–H groups in total. The number of halogens is 3. The van der Waals surface area contributed by atoms with Crippen LogP contribution in [0.3, 0.4) is 0 Å². The molecule has 1 aliphatic rings. The van der Waals surface area contributed by atoms with Gasteiger partial charge in [0.1, 0.15) is 17.2 Å². The van der Waals surface area contributed by atoms with Gasteiger partial charge in [0.15, 0.2) is 0 Å². The molecule has 0 aliphatic carbocycles. The average Bonchev–Trinajstić information content (AvgIpc) is 2.85. The smallest absolute Gasteiger partial charge is 0.549 e. The molecular formula is C27H23Cl3NNaO5. The topological polar surface area (TPSA) is 87.7 Å². The van der Waals surface area contributed by atoms with E-state index in [1.54, 1.807) is 36.4 Å². The number of benzene rings is 3. The summed E-state index contributed by atoms with van der Waals surface area (Å²) < 4.78 is 11.4. The Morgan fingerprint density at radius 1 is 1.00 bits per heavy atom. The molecule has 4 rings (SSSR count). The van der Waals surface area contributed by atoms with Crippen molar-refractivity contribution in [3.05, 3.63) is 86.4 Å². The fourth-order valence-electron chi connectivity index (χ4n) is 3.98. The van der Waals surface area contributed by atoms with Gasteiger partial charge in [-0.2, -0.15) is 0 Å². The third kappa shape index (κ3) is 7.79. The van der Waals surface area contributed by atoms with E-state index in [9.17, 15) is 14.7 Å². The second-order valence-corrected chi connectivity index (χ2v) is 9.66. The molecule has 0 fully saturated rings. The average molecular weight is 571 g/mol. The quantitative estimate of drug-likeness (QED) is 0.316. The van der Waals surface area contributed by atoms with Crippen molar-refractivity contribution in [1.82, 2.24) is 5.32 Å². The molecule has 37 heavy (non-hydrogen) atoms. The van der Waals surface area contributed by atoms with Crippen molar-refractivity contribution in [2.24, 2.45) is 0 Å². The van der Waals surface area contributed by atoms with Crippen molar-refractivity contribution < 1.29 is 53.7 Å². The second-order valence-electron chi connectivity index (χ2n) is 8.40. The summed E-state index contributed by atoms with van der Waals surface area (Å²) in [6.45, 7) is 0.811. The Bertz CT molecular complexity index is 1270. The van der Waals surface area contributed by atoms with Crippen LogP contribution in [0.2, 0.25) is 15.1 Å². The Morgan fingerprint density at radius 3 is 2.46 bits per heavy atom. The van der Waals surface area contributed by atoms with E-state index in [4.69, 9.17) is 44.3 Å². The zero-order valence-electron chi connectivity index (χ0n) is 20.2. The summed E-state index contributed by atoms with van der Waals surface area (Å²) in [5, 5.41) is 15.8. The summed E-state index contributed by atoms with van der Waals surface area (Å²) in [6, 6.07) is 15.2. The van der Waals surface area contributed by atoms with Gasteiger partial charge in [-0.1, -0.05) is 40.9 Å². The van der Waals surface area contributed by atoms with E-state index in [1.807, 2.05) is 12.1 Å². The molecular weight excluding hydrogens is 548 g/mol. The predicted molar refractivity (Wildman–Crippen MR) is 138 cm³/mol. The zero-order chi connectivity index (χ0) is 25.7. The number of ether oxygens (including phenoxy) is 2. The van der Waals surface area contributed by atoms with Gasteiger partial charge in [-0.3, -0.25) is 4.79 Å². The van der Waals surface area contributed by atoms with Gasteiger partial charge >= 0.3 is 29.6 Å². The van der Waals surface area contributed by atoms with Crippen LogP contribution in [0, 0.1) is 0 Å². The molecule has 10 heteroatoms. The first-order valence-electron chi connectivity index (χ1n) is 11.5. The number of hydrogen-bond donors (Lipinski definition) is 1. The van der Waals surface area contributed by atoms with Crippen LogP contribution >= 0.6 is 34.8 Å². The minimum Gasteiger partial charge on any atom is -0.549 e. The minimum atomic E-state index is -1.16. The van der Waals surface area contributed by atoms with Gasteiger partial charge in [0.05, 0.1) is 11.6 Å². The number of aryl methyl sites for hydroxylation is 1. The molecule has 0 bridgehead atoms. The summed E-state index contributed by atoms with van der Waals surface area (Å²) in [5.41, 5.74) is 2.01. The van der Waals surface area contributed by atoms with Crippen molar-refractivity contribution in [3.63, 3.8) is 0 Å². The Balaban J connectivity index is 0.00000380. The largest absolute Gasteiger partial charge is 1.00 e. The van der Waals surface area contributed by atoms with Crippen LogP contribution in [0.5, 0.6) is 17.2 Å². The maximum Gasteiger partial charge on any atom is 1.00 e. The Morgan fingerprint density at radius 2 is 1.76 bits per heavy atom. The molecule has 6 nitrogen and oxygen atoms in total. The number of amides is 1. The molecule has 0 saturated heterocycles. The van der Waals surface area contributed by atoms with Gasteiger partial charge in [0.2, 0.25) is 0 Å². The third-order valence-corrected chi connectivity index (χ3v) is 6.79. The molecule has 3 aromatic rings. The van der Waals surface area contributed by atoms with Crippen LogP contribution in [0.4, 0.5) is 0 Å². The Hall–Kier alpha value is -1.93. The number of rotatable bonds is 9. The molecule has 1 unspecified atom stereocenters. The first-order chi connectivity index (χ1) is 17.3. The SMILES string of the molecule is O=C(NCCCCc1ccc(Cl)cc1Cl)c1ccc(Oc2cc3c(cc2Cl)C(C(=O)[O-])CCO3)cc1.[Na+]. The second kappa shape index (κ2) is 13.7. The monoisotopic (exact) mass is 569 g/mol. The number of unbranched alkanes of at least 4 members (excludes halogenated alkanes) is 1. The van der Waals surface area contributed by atoms with Crippen LogP contribution in [-0.2, 0) is 11.2 Å². The molecule has 1 aliphatic heterocycles. The fourth-order valence-corrected chi connectivity index (χ4v) is 4.70. The summed E-state index contributed by atoms with van der Waals surface area (Å²) >= 11 is 18.4. The van der Waals surface area contributed by atoms with Crippen LogP contribution in [0.15, 0.2) is 54.6 Å². The van der Waals surface area contributed by atoms with E-state index in [0.29, 0.717) is 51.4 Å². The summed E-state index contributed by atoms with van der Waals surface area (Å²) in [6.07, 6.45) is 2.82. The first-order valence-corrected chi connectivity index (χ1v) is 12.6. The normalized spacial score (nSPS) is 14.1. The molecule has 1 amide bonds. The van der Waals surface area contributed by atoms with Gasteiger partial charge in [-0.05, 0) is 73.7 Å². The fraction of sp³-hybridized carbons (Fsp3) is 0.259. The van der Waals surface area contributed by atoms with E-state index in [2.05, 4.69) is 5.32 Å². The number of carbonyl (C=O) groups excluding carboxylic acids is 2. The van der Waals surface area contributed by atoms with Crippen molar-refractivity contribution in [1.29, 1.82) is 0 Å². The number of carboxylic acids is 1. The van der Waals surface area contributed by atoms with E-state index >= 15 is 0 Å². The standard InChI is InChI=1S/C27H24Cl3NO5.Na/c28-18-7-4-16(22(29)13-18)3-1-2-11-31-26(32)17-5-8-19(9-6-17)36-25-15-24-21(14-23(25)30)20(27(33)34)10-12-35-24;/h4-9,13-15,20H,1-3,10-12H2,(H,31,32)(H,33,34);/q;+1/p-1. The number of aliphatic carboxylic acids is 1. The Kier molecular flexibility index (Phi) is 11.0. The molecule has 0 aromatic heterocycles. The van der Waals surface area contributed by atoms with Crippen molar-refractivity contribution in [3.8, 4) is 17.2 Å². The van der Waals surface area contributed by atoms with E-state index < -0.39 is 11.9 Å². The maximum absolute atomic E-state index is 12.5. The van der Waals surface area contributed by atoms with E-state index in [1.165, 1.54) is 6.07 Å². The van der Waals surface area contributed by atoms with Gasteiger partial charge < -0.3 is 24.7 Å². The summed E-state index contributed by atoms with van der Waals surface area (Å²) in [5.74, 6) is -0.908. The predicted octanol–water partition coefficient (Wildman–Crippen LogP) is 2.81.